The van der Waals surface area contributed by atoms with Crippen LogP contribution in [-0.4, -0.2) is 36.5 Å². The van der Waals surface area contributed by atoms with Gasteiger partial charge in [0.25, 0.3) is 0 Å². The minimum Gasteiger partial charge on any atom is -0.467 e. The molecule has 2 heterocycles. The van der Waals surface area contributed by atoms with Gasteiger partial charge < -0.3 is 14.1 Å². The van der Waals surface area contributed by atoms with Gasteiger partial charge in [0.2, 0.25) is 5.91 Å². The number of amides is 1. The van der Waals surface area contributed by atoms with Crippen LogP contribution < -0.4 is 0 Å². The lowest BCUT2D eigenvalue weighted by Gasteiger charge is -2.32. The van der Waals surface area contributed by atoms with E-state index in [1.165, 1.54) is 13.2 Å². The van der Waals surface area contributed by atoms with Crippen molar-refractivity contribution in [1.82, 2.24) is 4.90 Å². The summed E-state index contributed by atoms with van der Waals surface area (Å²) in [5.41, 5.74) is 0. The number of carbonyl (C=O) groups excluding carboxylic acids is 2. The number of ether oxygens (including phenoxy) is 1. The second kappa shape index (κ2) is 6.41. The van der Waals surface area contributed by atoms with Crippen LogP contribution in [0.3, 0.4) is 0 Å². The molecule has 2 rings (SSSR count). The summed E-state index contributed by atoms with van der Waals surface area (Å²) >= 11 is 0. The highest BCUT2D eigenvalue weighted by atomic mass is 16.5. The lowest BCUT2D eigenvalue weighted by molar-refractivity contribution is -0.153. The number of furan rings is 1. The highest BCUT2D eigenvalue weighted by Crippen LogP contribution is 2.19. The topological polar surface area (TPSA) is 59.8 Å². The molecule has 0 radical (unpaired) electrons. The fraction of sp³-hybridized carbons (Fsp3) is 0.467. The predicted octanol–water partition coefficient (Wildman–Crippen LogP) is 2.16. The zero-order valence-corrected chi connectivity index (χ0v) is 11.8. The number of esters is 1. The third-order valence-corrected chi connectivity index (χ3v) is 3.41. The maximum absolute atomic E-state index is 12.2. The molecule has 1 atom stereocenters. The summed E-state index contributed by atoms with van der Waals surface area (Å²) in [5, 5.41) is 0. The normalized spacial score (nSPS) is 19.3. The van der Waals surface area contributed by atoms with E-state index in [9.17, 15) is 9.59 Å². The molecule has 1 fully saturated rings. The average Bonchev–Trinajstić information content (AvgIpc) is 2.89. The van der Waals surface area contributed by atoms with Gasteiger partial charge in [0.1, 0.15) is 17.6 Å². The van der Waals surface area contributed by atoms with E-state index in [0.717, 1.165) is 18.6 Å². The SMILES string of the molecule is COC(=O)[C@H]1CCCCN1C(=O)/C=C/c1ccc(C)o1. The molecule has 20 heavy (non-hydrogen) atoms. The minimum absolute atomic E-state index is 0.186. The first kappa shape index (κ1) is 14.4. The number of hydrogen-bond donors (Lipinski definition) is 0. The van der Waals surface area contributed by atoms with Crippen LogP contribution in [0.4, 0.5) is 0 Å². The van der Waals surface area contributed by atoms with Crippen LogP contribution in [-0.2, 0) is 14.3 Å². The molecule has 1 aromatic heterocycles. The third kappa shape index (κ3) is 3.29. The van der Waals surface area contributed by atoms with Crippen LogP contribution in [0.25, 0.3) is 6.08 Å². The second-order valence-corrected chi connectivity index (χ2v) is 4.85. The van der Waals surface area contributed by atoms with E-state index in [1.807, 2.05) is 13.0 Å². The number of methoxy groups -OCH3 is 1. The molecule has 0 saturated carbocycles. The van der Waals surface area contributed by atoms with Gasteiger partial charge in [-0.1, -0.05) is 0 Å². The molecule has 1 aliphatic rings. The number of aryl methyl sites for hydroxylation is 1. The summed E-state index contributed by atoms with van der Waals surface area (Å²) in [7, 11) is 1.35. The summed E-state index contributed by atoms with van der Waals surface area (Å²) in [6.45, 7) is 2.43. The Kier molecular flexibility index (Phi) is 4.61. The van der Waals surface area contributed by atoms with Crippen LogP contribution >= 0.6 is 0 Å². The summed E-state index contributed by atoms with van der Waals surface area (Å²) in [6.07, 6.45) is 5.57. The Morgan fingerprint density at radius 2 is 2.20 bits per heavy atom. The van der Waals surface area contributed by atoms with Crippen molar-refractivity contribution in [1.29, 1.82) is 0 Å². The fourth-order valence-corrected chi connectivity index (χ4v) is 2.37. The summed E-state index contributed by atoms with van der Waals surface area (Å²) in [4.78, 5) is 25.5. The first-order valence-electron chi connectivity index (χ1n) is 6.75. The Balaban J connectivity index is 2.06. The number of rotatable bonds is 3. The number of likely N-dealkylation sites (tertiary alicyclic amines) is 1. The maximum Gasteiger partial charge on any atom is 0.328 e. The molecule has 5 heteroatoms. The van der Waals surface area contributed by atoms with Crippen molar-refractivity contribution < 1.29 is 18.7 Å². The molecule has 1 aliphatic heterocycles. The van der Waals surface area contributed by atoms with Crippen LogP contribution in [0, 0.1) is 6.92 Å². The van der Waals surface area contributed by atoms with E-state index >= 15 is 0 Å². The second-order valence-electron chi connectivity index (χ2n) is 4.85. The molecular formula is C15H19NO4. The van der Waals surface area contributed by atoms with Gasteiger partial charge in [-0.25, -0.2) is 4.79 Å². The van der Waals surface area contributed by atoms with Crippen LogP contribution in [0.5, 0.6) is 0 Å². The molecular weight excluding hydrogens is 258 g/mol. The highest BCUT2D eigenvalue weighted by Gasteiger charge is 2.31. The third-order valence-electron chi connectivity index (χ3n) is 3.41. The quantitative estimate of drug-likeness (QED) is 0.627. The standard InChI is InChI=1S/C15H19NO4/c1-11-6-7-12(20-11)8-9-14(17)16-10-4-3-5-13(16)15(18)19-2/h6-9,13H,3-5,10H2,1-2H3/b9-8+/t13-/m1/s1. The Bertz CT molecular complexity index is 518. The van der Waals surface area contributed by atoms with Gasteiger partial charge in [-0.15, -0.1) is 0 Å². The van der Waals surface area contributed by atoms with E-state index < -0.39 is 6.04 Å². The van der Waals surface area contributed by atoms with Gasteiger partial charge in [-0.3, -0.25) is 4.79 Å². The molecule has 1 saturated heterocycles. The van der Waals surface area contributed by atoms with Crippen molar-refractivity contribution in [2.24, 2.45) is 0 Å². The van der Waals surface area contributed by atoms with Gasteiger partial charge in [-0.2, -0.15) is 0 Å². The molecule has 1 aromatic rings. The molecule has 0 N–H and O–H groups in total. The fourth-order valence-electron chi connectivity index (χ4n) is 2.37. The molecule has 5 nitrogen and oxygen atoms in total. The molecule has 0 aromatic carbocycles. The minimum atomic E-state index is -0.468. The summed E-state index contributed by atoms with van der Waals surface area (Å²) in [5.74, 6) is 0.888. The Hall–Kier alpha value is -2.04. The Morgan fingerprint density at radius 3 is 2.85 bits per heavy atom. The number of hydrogen-bond acceptors (Lipinski definition) is 4. The number of carbonyl (C=O) groups is 2. The van der Waals surface area contributed by atoms with Crippen LogP contribution in [0.2, 0.25) is 0 Å². The maximum atomic E-state index is 12.2. The Morgan fingerprint density at radius 1 is 1.40 bits per heavy atom. The predicted molar refractivity (Wildman–Crippen MR) is 73.8 cm³/mol. The first-order chi connectivity index (χ1) is 9.61. The zero-order chi connectivity index (χ0) is 14.5. The summed E-state index contributed by atoms with van der Waals surface area (Å²) in [6, 6.07) is 3.17. The van der Waals surface area contributed by atoms with Crippen LogP contribution in [0.1, 0.15) is 30.8 Å². The first-order valence-corrected chi connectivity index (χ1v) is 6.75. The molecule has 0 unspecified atom stereocenters. The lowest BCUT2D eigenvalue weighted by Crippen LogP contribution is -2.47. The average molecular weight is 277 g/mol. The molecule has 1 amide bonds. The molecule has 0 aliphatic carbocycles. The van der Waals surface area contributed by atoms with Crippen molar-refractivity contribution in [2.45, 2.75) is 32.2 Å². The molecule has 0 bridgehead atoms. The van der Waals surface area contributed by atoms with Gasteiger partial charge >= 0.3 is 5.97 Å². The van der Waals surface area contributed by atoms with E-state index in [1.54, 1.807) is 17.0 Å². The van der Waals surface area contributed by atoms with Gasteiger partial charge in [0.05, 0.1) is 7.11 Å². The van der Waals surface area contributed by atoms with Crippen LogP contribution in [0.15, 0.2) is 22.6 Å². The molecule has 0 spiro atoms. The highest BCUT2D eigenvalue weighted by molar-refractivity contribution is 5.94. The van der Waals surface area contributed by atoms with E-state index in [2.05, 4.69) is 0 Å². The van der Waals surface area contributed by atoms with Gasteiger partial charge in [0, 0.05) is 12.6 Å². The summed E-state index contributed by atoms with van der Waals surface area (Å²) < 4.78 is 10.1. The smallest absolute Gasteiger partial charge is 0.328 e. The van der Waals surface area contributed by atoms with Crippen molar-refractivity contribution in [3.8, 4) is 0 Å². The lowest BCUT2D eigenvalue weighted by atomic mass is 10.0. The van der Waals surface area contributed by atoms with Gasteiger partial charge in [-0.05, 0) is 44.4 Å². The van der Waals surface area contributed by atoms with Crippen molar-refractivity contribution in [3.63, 3.8) is 0 Å². The van der Waals surface area contributed by atoms with E-state index in [0.29, 0.717) is 18.7 Å². The van der Waals surface area contributed by atoms with E-state index in [-0.39, 0.29) is 11.9 Å². The zero-order valence-electron chi connectivity index (χ0n) is 11.8. The number of nitrogens with zero attached hydrogens (tertiary/aromatic N) is 1. The van der Waals surface area contributed by atoms with Gasteiger partial charge in [0.15, 0.2) is 0 Å². The largest absolute Gasteiger partial charge is 0.467 e. The van der Waals surface area contributed by atoms with Crippen molar-refractivity contribution in [2.75, 3.05) is 13.7 Å². The number of piperidine rings is 1. The van der Waals surface area contributed by atoms with Crippen molar-refractivity contribution >= 4 is 18.0 Å². The Labute approximate surface area is 118 Å². The van der Waals surface area contributed by atoms with E-state index in [4.69, 9.17) is 9.15 Å². The van der Waals surface area contributed by atoms with Crippen molar-refractivity contribution in [3.05, 3.63) is 29.7 Å². The molecule has 108 valence electrons. The monoisotopic (exact) mass is 277 g/mol.